The van der Waals surface area contributed by atoms with Crippen molar-refractivity contribution in [1.82, 2.24) is 4.98 Å². The highest BCUT2D eigenvalue weighted by atomic mass is 32.1. The molecule has 0 amide bonds. The number of thiazole rings is 1. The van der Waals surface area contributed by atoms with Crippen LogP contribution in [-0.2, 0) is 0 Å². The van der Waals surface area contributed by atoms with E-state index in [1.165, 1.54) is 11.3 Å². The first-order valence-corrected chi connectivity index (χ1v) is 6.55. The van der Waals surface area contributed by atoms with Crippen LogP contribution in [0.1, 0.15) is 30.7 Å². The zero-order valence-corrected chi connectivity index (χ0v) is 10.5. The number of hydrogen-bond acceptors (Lipinski definition) is 4. The predicted molar refractivity (Wildman–Crippen MR) is 68.4 cm³/mol. The van der Waals surface area contributed by atoms with Gasteiger partial charge in [0.15, 0.2) is 0 Å². The van der Waals surface area contributed by atoms with Crippen LogP contribution in [-0.4, -0.2) is 16.7 Å². The van der Waals surface area contributed by atoms with E-state index in [0.717, 1.165) is 17.7 Å². The SMILES string of the molecule is CCCOc1ccccc1C(O)c1cscn1. The first-order chi connectivity index (χ1) is 8.33. The zero-order valence-electron chi connectivity index (χ0n) is 9.67. The molecule has 0 aliphatic heterocycles. The highest BCUT2D eigenvalue weighted by Gasteiger charge is 2.16. The van der Waals surface area contributed by atoms with Crippen LogP contribution in [0.15, 0.2) is 35.2 Å². The molecule has 1 unspecified atom stereocenters. The molecule has 3 nitrogen and oxygen atoms in total. The number of rotatable bonds is 5. The molecule has 0 saturated heterocycles. The molecule has 1 aromatic carbocycles. The van der Waals surface area contributed by atoms with Crippen LogP contribution < -0.4 is 4.74 Å². The van der Waals surface area contributed by atoms with E-state index in [2.05, 4.69) is 11.9 Å². The first-order valence-electron chi connectivity index (χ1n) is 5.60. The highest BCUT2D eigenvalue weighted by Crippen LogP contribution is 2.29. The third-order valence-electron chi connectivity index (χ3n) is 2.41. The van der Waals surface area contributed by atoms with Gasteiger partial charge < -0.3 is 9.84 Å². The van der Waals surface area contributed by atoms with Gasteiger partial charge in [0.05, 0.1) is 17.8 Å². The summed E-state index contributed by atoms with van der Waals surface area (Å²) in [6.45, 7) is 2.71. The Morgan fingerprint density at radius 2 is 2.24 bits per heavy atom. The molecule has 1 N–H and O–H groups in total. The van der Waals surface area contributed by atoms with E-state index in [0.29, 0.717) is 12.3 Å². The second-order valence-electron chi connectivity index (χ2n) is 3.70. The third kappa shape index (κ3) is 2.84. The molecule has 4 heteroatoms. The number of hydrogen-bond donors (Lipinski definition) is 1. The van der Waals surface area contributed by atoms with E-state index in [4.69, 9.17) is 4.74 Å². The van der Waals surface area contributed by atoms with Gasteiger partial charge in [-0.05, 0) is 12.5 Å². The van der Waals surface area contributed by atoms with Crippen molar-refractivity contribution in [2.45, 2.75) is 19.4 Å². The maximum absolute atomic E-state index is 10.2. The Morgan fingerprint density at radius 3 is 2.94 bits per heavy atom. The lowest BCUT2D eigenvalue weighted by atomic mass is 10.1. The summed E-state index contributed by atoms with van der Waals surface area (Å²) in [5, 5.41) is 12.1. The van der Waals surface area contributed by atoms with E-state index in [1.54, 1.807) is 5.51 Å². The van der Waals surface area contributed by atoms with Crippen molar-refractivity contribution in [2.24, 2.45) is 0 Å². The average molecular weight is 249 g/mol. The molecule has 0 radical (unpaired) electrons. The van der Waals surface area contributed by atoms with Gasteiger partial charge in [-0.1, -0.05) is 25.1 Å². The van der Waals surface area contributed by atoms with Crippen LogP contribution in [0.3, 0.4) is 0 Å². The summed E-state index contributed by atoms with van der Waals surface area (Å²) >= 11 is 1.47. The van der Waals surface area contributed by atoms with Crippen molar-refractivity contribution in [3.63, 3.8) is 0 Å². The van der Waals surface area contributed by atoms with Gasteiger partial charge in [-0.25, -0.2) is 4.98 Å². The molecule has 0 aliphatic rings. The van der Waals surface area contributed by atoms with E-state index in [9.17, 15) is 5.11 Å². The highest BCUT2D eigenvalue weighted by molar-refractivity contribution is 7.07. The predicted octanol–water partition coefficient (Wildman–Crippen LogP) is 3.01. The van der Waals surface area contributed by atoms with E-state index in [-0.39, 0.29) is 0 Å². The number of para-hydroxylation sites is 1. The lowest BCUT2D eigenvalue weighted by Gasteiger charge is -2.14. The van der Waals surface area contributed by atoms with Gasteiger partial charge in [-0.15, -0.1) is 11.3 Å². The number of ether oxygens (including phenoxy) is 1. The van der Waals surface area contributed by atoms with Crippen LogP contribution in [0.5, 0.6) is 5.75 Å². The number of aliphatic hydroxyl groups excluding tert-OH is 1. The van der Waals surface area contributed by atoms with Crippen molar-refractivity contribution in [3.05, 3.63) is 46.4 Å². The average Bonchev–Trinajstić information content (AvgIpc) is 2.89. The Bertz CT molecular complexity index is 456. The molecule has 0 saturated carbocycles. The Kier molecular flexibility index (Phi) is 4.12. The smallest absolute Gasteiger partial charge is 0.125 e. The van der Waals surface area contributed by atoms with Crippen LogP contribution in [0.25, 0.3) is 0 Å². The third-order valence-corrected chi connectivity index (χ3v) is 3.01. The maximum Gasteiger partial charge on any atom is 0.125 e. The van der Waals surface area contributed by atoms with Gasteiger partial charge in [0, 0.05) is 10.9 Å². The molecule has 17 heavy (non-hydrogen) atoms. The fraction of sp³-hybridized carbons (Fsp3) is 0.308. The van der Waals surface area contributed by atoms with Crippen molar-refractivity contribution in [2.75, 3.05) is 6.61 Å². The molecule has 2 aromatic rings. The fourth-order valence-electron chi connectivity index (χ4n) is 1.57. The molecular weight excluding hydrogens is 234 g/mol. The monoisotopic (exact) mass is 249 g/mol. The quantitative estimate of drug-likeness (QED) is 0.885. The maximum atomic E-state index is 10.2. The van der Waals surface area contributed by atoms with Crippen LogP contribution in [0.2, 0.25) is 0 Å². The van der Waals surface area contributed by atoms with Gasteiger partial charge in [0.1, 0.15) is 11.9 Å². The normalized spacial score (nSPS) is 12.4. The summed E-state index contributed by atoms with van der Waals surface area (Å²) in [5.41, 5.74) is 3.16. The Balaban J connectivity index is 2.25. The van der Waals surface area contributed by atoms with Gasteiger partial charge in [0.25, 0.3) is 0 Å². The standard InChI is InChI=1S/C13H15NO2S/c1-2-7-16-12-6-4-3-5-10(12)13(15)11-8-17-9-14-11/h3-6,8-9,13,15H,2,7H2,1H3. The summed E-state index contributed by atoms with van der Waals surface area (Å²) < 4.78 is 5.62. The molecule has 0 spiro atoms. The minimum absolute atomic E-state index is 0.654. The van der Waals surface area contributed by atoms with Crippen molar-refractivity contribution in [1.29, 1.82) is 0 Å². The Labute approximate surface area is 105 Å². The van der Waals surface area contributed by atoms with Crippen LogP contribution >= 0.6 is 11.3 Å². The Hall–Kier alpha value is -1.39. The molecule has 1 aromatic heterocycles. The van der Waals surface area contributed by atoms with E-state index in [1.807, 2.05) is 29.6 Å². The molecule has 1 heterocycles. The summed E-state index contributed by atoms with van der Waals surface area (Å²) in [7, 11) is 0. The minimum atomic E-state index is -0.714. The number of aliphatic hydroxyl groups is 1. The molecule has 0 aliphatic carbocycles. The molecule has 0 bridgehead atoms. The molecule has 0 fully saturated rings. The fourth-order valence-corrected chi connectivity index (χ4v) is 2.14. The topological polar surface area (TPSA) is 42.4 Å². The van der Waals surface area contributed by atoms with Gasteiger partial charge in [0.2, 0.25) is 0 Å². The van der Waals surface area contributed by atoms with Gasteiger partial charge in [-0.3, -0.25) is 0 Å². The van der Waals surface area contributed by atoms with Crippen molar-refractivity contribution in [3.8, 4) is 5.75 Å². The summed E-state index contributed by atoms with van der Waals surface area (Å²) in [6, 6.07) is 7.54. The molecule has 90 valence electrons. The summed E-state index contributed by atoms with van der Waals surface area (Å²) in [6.07, 6.45) is 0.232. The number of benzene rings is 1. The van der Waals surface area contributed by atoms with Crippen molar-refractivity contribution < 1.29 is 9.84 Å². The number of aromatic nitrogens is 1. The molecular formula is C13H15NO2S. The minimum Gasteiger partial charge on any atom is -0.493 e. The van der Waals surface area contributed by atoms with E-state index < -0.39 is 6.10 Å². The lowest BCUT2D eigenvalue weighted by Crippen LogP contribution is -2.04. The largest absolute Gasteiger partial charge is 0.493 e. The Morgan fingerprint density at radius 1 is 1.41 bits per heavy atom. The molecule has 2 rings (SSSR count). The van der Waals surface area contributed by atoms with Gasteiger partial charge in [-0.2, -0.15) is 0 Å². The van der Waals surface area contributed by atoms with Crippen LogP contribution in [0.4, 0.5) is 0 Å². The zero-order chi connectivity index (χ0) is 12.1. The van der Waals surface area contributed by atoms with Gasteiger partial charge >= 0.3 is 0 Å². The second kappa shape index (κ2) is 5.80. The van der Waals surface area contributed by atoms with E-state index >= 15 is 0 Å². The second-order valence-corrected chi connectivity index (χ2v) is 4.42. The first kappa shape index (κ1) is 12.1. The van der Waals surface area contributed by atoms with Crippen molar-refractivity contribution >= 4 is 11.3 Å². The lowest BCUT2D eigenvalue weighted by molar-refractivity contribution is 0.207. The summed E-state index contributed by atoms with van der Waals surface area (Å²) in [4.78, 5) is 4.13. The van der Waals surface area contributed by atoms with Crippen LogP contribution in [0, 0.1) is 0 Å². The number of nitrogens with zero attached hydrogens (tertiary/aromatic N) is 1. The summed E-state index contributed by atoms with van der Waals surface area (Å²) in [5.74, 6) is 0.731. The molecule has 1 atom stereocenters.